The van der Waals surface area contributed by atoms with Gasteiger partial charge in [-0.05, 0) is 55.4 Å². The van der Waals surface area contributed by atoms with Gasteiger partial charge in [-0.15, -0.1) is 0 Å². The maximum atomic E-state index is 5.82. The zero-order valence-electron chi connectivity index (χ0n) is 9.55. The van der Waals surface area contributed by atoms with Crippen LogP contribution in [0, 0.1) is 0 Å². The van der Waals surface area contributed by atoms with Gasteiger partial charge in [0.05, 0.1) is 7.11 Å². The van der Waals surface area contributed by atoms with Crippen LogP contribution in [-0.2, 0) is 19.3 Å². The van der Waals surface area contributed by atoms with E-state index in [1.54, 1.807) is 7.11 Å². The molecule has 0 spiro atoms. The third kappa shape index (κ3) is 2.15. The first-order chi connectivity index (χ1) is 7.20. The van der Waals surface area contributed by atoms with E-state index in [9.17, 15) is 0 Å². The summed E-state index contributed by atoms with van der Waals surface area (Å²) in [5, 5.41) is 0. The molecule has 1 aliphatic carbocycles. The van der Waals surface area contributed by atoms with E-state index in [4.69, 9.17) is 10.5 Å². The molecule has 0 aliphatic heterocycles. The van der Waals surface area contributed by atoms with Crippen LogP contribution in [0.5, 0.6) is 5.75 Å². The molecular weight excluding hydrogens is 186 g/mol. The monoisotopic (exact) mass is 205 g/mol. The highest BCUT2D eigenvalue weighted by Gasteiger charge is 2.16. The predicted molar refractivity (Wildman–Crippen MR) is 62.4 cm³/mol. The van der Waals surface area contributed by atoms with Crippen molar-refractivity contribution in [1.82, 2.24) is 0 Å². The first-order valence-corrected chi connectivity index (χ1v) is 5.65. The van der Waals surface area contributed by atoms with Crippen LogP contribution in [0.4, 0.5) is 0 Å². The van der Waals surface area contributed by atoms with Gasteiger partial charge in [-0.2, -0.15) is 0 Å². The normalized spacial score (nSPS) is 16.2. The van der Waals surface area contributed by atoms with Crippen LogP contribution in [-0.4, -0.2) is 13.2 Å². The summed E-state index contributed by atoms with van der Waals surface area (Å²) in [6.07, 6.45) is 4.55. The minimum Gasteiger partial charge on any atom is -0.496 e. The maximum absolute atomic E-state index is 5.82. The first kappa shape index (κ1) is 10.5. The molecule has 0 heterocycles. The molecule has 15 heavy (non-hydrogen) atoms. The Morgan fingerprint density at radius 3 is 2.87 bits per heavy atom. The van der Waals surface area contributed by atoms with E-state index < -0.39 is 0 Å². The van der Waals surface area contributed by atoms with Crippen molar-refractivity contribution in [3.63, 3.8) is 0 Å². The van der Waals surface area contributed by atoms with Gasteiger partial charge in [0.25, 0.3) is 0 Å². The highest BCUT2D eigenvalue weighted by atomic mass is 16.5. The van der Waals surface area contributed by atoms with E-state index >= 15 is 0 Å². The Morgan fingerprint density at radius 1 is 1.40 bits per heavy atom. The van der Waals surface area contributed by atoms with Gasteiger partial charge in [-0.25, -0.2) is 0 Å². The molecule has 0 aromatic heterocycles. The summed E-state index contributed by atoms with van der Waals surface area (Å²) in [6, 6.07) is 4.66. The molecule has 1 atom stereocenters. The fraction of sp³-hybridized carbons (Fsp3) is 0.538. The van der Waals surface area contributed by atoms with Gasteiger partial charge >= 0.3 is 0 Å². The smallest absolute Gasteiger partial charge is 0.122 e. The third-order valence-corrected chi connectivity index (χ3v) is 3.01. The van der Waals surface area contributed by atoms with E-state index in [1.165, 1.54) is 29.5 Å². The number of ether oxygens (including phenoxy) is 1. The van der Waals surface area contributed by atoms with Crippen molar-refractivity contribution in [3.05, 3.63) is 28.8 Å². The Labute approximate surface area is 91.4 Å². The molecule has 0 amide bonds. The second kappa shape index (κ2) is 4.23. The SMILES string of the molecule is COc1cc(CC(C)N)cc2c1CCC2. The minimum absolute atomic E-state index is 0.217. The zero-order chi connectivity index (χ0) is 10.8. The Hall–Kier alpha value is -1.02. The number of hydrogen-bond acceptors (Lipinski definition) is 2. The highest BCUT2D eigenvalue weighted by molar-refractivity contribution is 5.46. The van der Waals surface area contributed by atoms with Crippen LogP contribution in [0.15, 0.2) is 12.1 Å². The summed E-state index contributed by atoms with van der Waals surface area (Å²) in [6.45, 7) is 2.04. The van der Waals surface area contributed by atoms with Crippen LogP contribution in [0.3, 0.4) is 0 Å². The van der Waals surface area contributed by atoms with Crippen molar-refractivity contribution < 1.29 is 4.74 Å². The summed E-state index contributed by atoms with van der Waals surface area (Å²) < 4.78 is 5.44. The molecule has 2 rings (SSSR count). The number of aryl methyl sites for hydroxylation is 1. The lowest BCUT2D eigenvalue weighted by molar-refractivity contribution is 0.409. The van der Waals surface area contributed by atoms with E-state index in [1.807, 2.05) is 6.92 Å². The molecule has 1 unspecified atom stereocenters. The Kier molecular flexibility index (Phi) is 2.96. The van der Waals surface area contributed by atoms with Gasteiger partial charge in [0.1, 0.15) is 5.75 Å². The summed E-state index contributed by atoms with van der Waals surface area (Å²) >= 11 is 0. The van der Waals surface area contributed by atoms with Crippen LogP contribution in [0.2, 0.25) is 0 Å². The van der Waals surface area contributed by atoms with Gasteiger partial charge in [-0.1, -0.05) is 6.07 Å². The van der Waals surface area contributed by atoms with E-state index in [0.29, 0.717) is 0 Å². The molecule has 0 saturated heterocycles. The Bertz CT molecular complexity index is 358. The van der Waals surface area contributed by atoms with Crippen molar-refractivity contribution in [2.24, 2.45) is 5.73 Å². The van der Waals surface area contributed by atoms with Gasteiger partial charge in [0.2, 0.25) is 0 Å². The molecule has 1 aromatic rings. The predicted octanol–water partition coefficient (Wildman–Crippen LogP) is 2.07. The van der Waals surface area contributed by atoms with Crippen LogP contribution < -0.4 is 10.5 Å². The molecule has 0 saturated carbocycles. The largest absolute Gasteiger partial charge is 0.496 e. The van der Waals surface area contributed by atoms with Gasteiger partial charge in [-0.3, -0.25) is 0 Å². The second-order valence-corrected chi connectivity index (χ2v) is 4.47. The molecule has 0 fully saturated rings. The molecule has 0 radical (unpaired) electrons. The lowest BCUT2D eigenvalue weighted by Crippen LogP contribution is -2.17. The quantitative estimate of drug-likeness (QED) is 0.820. The minimum atomic E-state index is 0.217. The van der Waals surface area contributed by atoms with Crippen molar-refractivity contribution in [2.45, 2.75) is 38.6 Å². The van der Waals surface area contributed by atoms with Crippen molar-refractivity contribution >= 4 is 0 Å². The van der Waals surface area contributed by atoms with Crippen molar-refractivity contribution in [1.29, 1.82) is 0 Å². The Morgan fingerprint density at radius 2 is 2.20 bits per heavy atom. The molecule has 2 N–H and O–H groups in total. The molecule has 1 aliphatic rings. The molecule has 82 valence electrons. The molecule has 1 aromatic carbocycles. The fourth-order valence-electron chi connectivity index (χ4n) is 2.40. The zero-order valence-corrected chi connectivity index (χ0v) is 9.55. The third-order valence-electron chi connectivity index (χ3n) is 3.01. The number of nitrogens with two attached hydrogens (primary N) is 1. The van der Waals surface area contributed by atoms with Gasteiger partial charge in [0.15, 0.2) is 0 Å². The lowest BCUT2D eigenvalue weighted by atomic mass is 10.0. The number of benzene rings is 1. The first-order valence-electron chi connectivity index (χ1n) is 5.65. The fourth-order valence-corrected chi connectivity index (χ4v) is 2.40. The lowest BCUT2D eigenvalue weighted by Gasteiger charge is -2.12. The number of methoxy groups -OCH3 is 1. The van der Waals surface area contributed by atoms with E-state index in [2.05, 4.69) is 12.1 Å². The summed E-state index contributed by atoms with van der Waals surface area (Å²) in [7, 11) is 1.75. The second-order valence-electron chi connectivity index (χ2n) is 4.47. The topological polar surface area (TPSA) is 35.2 Å². The average molecular weight is 205 g/mol. The molecule has 0 bridgehead atoms. The van der Waals surface area contributed by atoms with E-state index in [0.717, 1.165) is 18.6 Å². The standard InChI is InChI=1S/C13H19NO/c1-9(14)6-10-7-11-4-3-5-12(11)13(8-10)15-2/h7-9H,3-6,14H2,1-2H3. The van der Waals surface area contributed by atoms with Crippen LogP contribution >= 0.6 is 0 Å². The number of hydrogen-bond donors (Lipinski definition) is 1. The summed E-state index contributed by atoms with van der Waals surface area (Å²) in [5.41, 5.74) is 10.00. The average Bonchev–Trinajstić information content (AvgIpc) is 2.63. The molecule has 2 heteroatoms. The maximum Gasteiger partial charge on any atom is 0.122 e. The number of rotatable bonds is 3. The van der Waals surface area contributed by atoms with Crippen LogP contribution in [0.1, 0.15) is 30.0 Å². The van der Waals surface area contributed by atoms with Crippen molar-refractivity contribution in [2.75, 3.05) is 7.11 Å². The van der Waals surface area contributed by atoms with E-state index in [-0.39, 0.29) is 6.04 Å². The van der Waals surface area contributed by atoms with Crippen molar-refractivity contribution in [3.8, 4) is 5.75 Å². The summed E-state index contributed by atoms with van der Waals surface area (Å²) in [4.78, 5) is 0. The van der Waals surface area contributed by atoms with Gasteiger partial charge in [0, 0.05) is 6.04 Å². The Balaban J connectivity index is 2.34. The number of fused-ring (bicyclic) bond motifs is 1. The van der Waals surface area contributed by atoms with Crippen LogP contribution in [0.25, 0.3) is 0 Å². The molecule has 2 nitrogen and oxygen atoms in total. The highest BCUT2D eigenvalue weighted by Crippen LogP contribution is 2.32. The van der Waals surface area contributed by atoms with Gasteiger partial charge < -0.3 is 10.5 Å². The molecular formula is C13H19NO. The summed E-state index contributed by atoms with van der Waals surface area (Å²) in [5.74, 6) is 1.06.